The van der Waals surface area contributed by atoms with E-state index in [1.807, 2.05) is 13.8 Å². The number of hydrogen-bond acceptors (Lipinski definition) is 10. The Morgan fingerprint density at radius 2 is 1.93 bits per heavy atom. The first kappa shape index (κ1) is 26.1. The van der Waals surface area contributed by atoms with Crippen molar-refractivity contribution in [3.63, 3.8) is 0 Å². The fourth-order valence-electron chi connectivity index (χ4n) is 2.46. The van der Waals surface area contributed by atoms with Crippen molar-refractivity contribution in [3.05, 3.63) is 22.7 Å². The Balaban J connectivity index is 0.000000804. The minimum atomic E-state index is -4.64. The first-order valence-electron chi connectivity index (χ1n) is 8.83. The molecule has 2 rings (SSSR count). The smallest absolute Gasteiger partial charge is 0.462 e. The molecule has 1 aromatic rings. The summed E-state index contributed by atoms with van der Waals surface area (Å²) in [4.78, 5) is 48.9. The van der Waals surface area contributed by atoms with E-state index in [0.717, 1.165) is 4.57 Å². The molecule has 30 heavy (non-hydrogen) atoms. The predicted octanol–water partition coefficient (Wildman–Crippen LogP) is -2.57. The first-order chi connectivity index (χ1) is 13.8. The molecule has 0 bridgehead atoms. The SMILES string of the molecule is CC[C@@H](C)[C@@H](N)C(=O)OC[C@H]1O[C@@H](n2ccc(N)nc2=O)[C@@H](O)[C@@H]1O.O=P(O)(O)O. The van der Waals surface area contributed by atoms with Gasteiger partial charge >= 0.3 is 19.5 Å². The highest BCUT2D eigenvalue weighted by atomic mass is 31.2. The zero-order chi connectivity index (χ0) is 23.2. The monoisotopic (exact) mass is 454 g/mol. The molecule has 0 amide bonds. The molecule has 1 aromatic heterocycles. The number of nitrogens with zero attached hydrogens (tertiary/aromatic N) is 2. The van der Waals surface area contributed by atoms with Crippen molar-refractivity contribution in [1.29, 1.82) is 0 Å². The predicted molar refractivity (Wildman–Crippen MR) is 101 cm³/mol. The summed E-state index contributed by atoms with van der Waals surface area (Å²) in [5, 5.41) is 20.2. The molecule has 14 nitrogen and oxygen atoms in total. The second kappa shape index (κ2) is 10.9. The third kappa shape index (κ3) is 7.74. The third-order valence-corrected chi connectivity index (χ3v) is 4.38. The van der Waals surface area contributed by atoms with Gasteiger partial charge in [0.15, 0.2) is 6.23 Å². The lowest BCUT2D eigenvalue weighted by Gasteiger charge is -2.19. The number of nitrogen functional groups attached to an aromatic ring is 1. The lowest BCUT2D eigenvalue weighted by Crippen LogP contribution is -2.41. The van der Waals surface area contributed by atoms with Crippen LogP contribution in [0.15, 0.2) is 17.1 Å². The van der Waals surface area contributed by atoms with Crippen molar-refractivity contribution in [2.45, 2.75) is 50.8 Å². The Hall–Kier alpha value is -1.90. The molecule has 0 aromatic carbocycles. The van der Waals surface area contributed by atoms with E-state index < -0.39 is 50.1 Å². The number of hydrogen-bond donors (Lipinski definition) is 7. The van der Waals surface area contributed by atoms with Crippen LogP contribution in [-0.2, 0) is 18.8 Å². The fourth-order valence-corrected chi connectivity index (χ4v) is 2.46. The van der Waals surface area contributed by atoms with Crippen LogP contribution in [0, 0.1) is 5.92 Å². The molecule has 1 saturated heterocycles. The number of phosphoric acid groups is 1. The highest BCUT2D eigenvalue weighted by molar-refractivity contribution is 7.45. The normalized spacial score (nSPS) is 25.7. The van der Waals surface area contributed by atoms with Crippen LogP contribution in [0.4, 0.5) is 5.82 Å². The molecule has 15 heteroatoms. The van der Waals surface area contributed by atoms with Crippen LogP contribution < -0.4 is 17.2 Å². The summed E-state index contributed by atoms with van der Waals surface area (Å²) in [5.41, 5.74) is 10.5. The van der Waals surface area contributed by atoms with Gasteiger partial charge < -0.3 is 45.8 Å². The third-order valence-electron chi connectivity index (χ3n) is 4.38. The van der Waals surface area contributed by atoms with Gasteiger partial charge in [-0.3, -0.25) is 9.36 Å². The van der Waals surface area contributed by atoms with E-state index in [-0.39, 0.29) is 18.3 Å². The number of aliphatic hydroxyl groups excluding tert-OH is 2. The van der Waals surface area contributed by atoms with Crippen LogP contribution in [0.3, 0.4) is 0 Å². The number of aromatic nitrogens is 2. The minimum Gasteiger partial charge on any atom is -0.462 e. The first-order valence-corrected chi connectivity index (χ1v) is 10.4. The van der Waals surface area contributed by atoms with Crippen molar-refractivity contribution in [3.8, 4) is 0 Å². The van der Waals surface area contributed by atoms with Gasteiger partial charge in [-0.25, -0.2) is 9.36 Å². The summed E-state index contributed by atoms with van der Waals surface area (Å²) in [7, 11) is -4.64. The summed E-state index contributed by atoms with van der Waals surface area (Å²) in [6.45, 7) is 3.43. The molecule has 1 aliphatic rings. The zero-order valence-electron chi connectivity index (χ0n) is 16.3. The fraction of sp³-hybridized carbons (Fsp3) is 0.667. The number of esters is 1. The Bertz CT molecular complexity index is 807. The number of anilines is 1. The Morgan fingerprint density at radius 3 is 2.43 bits per heavy atom. The van der Waals surface area contributed by atoms with Crippen LogP contribution in [0.1, 0.15) is 26.5 Å². The molecule has 0 spiro atoms. The summed E-state index contributed by atoms with van der Waals surface area (Å²) >= 11 is 0. The van der Waals surface area contributed by atoms with E-state index in [2.05, 4.69) is 4.98 Å². The number of carbonyl (C=O) groups is 1. The van der Waals surface area contributed by atoms with E-state index in [9.17, 15) is 19.8 Å². The van der Waals surface area contributed by atoms with E-state index in [4.69, 9.17) is 40.2 Å². The highest BCUT2D eigenvalue weighted by Gasteiger charge is 2.44. The molecule has 0 saturated carbocycles. The minimum absolute atomic E-state index is 0.0267. The van der Waals surface area contributed by atoms with Gasteiger partial charge in [0.05, 0.1) is 0 Å². The Morgan fingerprint density at radius 1 is 1.37 bits per heavy atom. The molecule has 9 N–H and O–H groups in total. The summed E-state index contributed by atoms with van der Waals surface area (Å²) in [5.74, 6) is -0.645. The van der Waals surface area contributed by atoms with E-state index in [1.165, 1.54) is 12.3 Å². The van der Waals surface area contributed by atoms with Gasteiger partial charge in [0.1, 0.15) is 36.8 Å². The molecule has 0 aliphatic carbocycles. The maximum absolute atomic E-state index is 11.9. The maximum Gasteiger partial charge on any atom is 0.466 e. The van der Waals surface area contributed by atoms with Crippen molar-refractivity contribution in [2.24, 2.45) is 11.7 Å². The standard InChI is InChI=1S/C15H24N4O6.H3O4P/c1-3-7(2)10(17)14(22)24-6-8-11(20)12(21)13(25-8)19-5-4-9(16)18-15(19)23;1-5(2,3)4/h4-5,7-8,10-13,20-21H,3,6,17H2,1-2H3,(H2,16,18,23);(H3,1,2,3,4)/t7-,8-,10-,11-,12+,13-;/m1./s1. The van der Waals surface area contributed by atoms with Gasteiger partial charge in [-0.1, -0.05) is 20.3 Å². The maximum atomic E-state index is 11.9. The molecule has 2 heterocycles. The molecule has 1 fully saturated rings. The van der Waals surface area contributed by atoms with Gasteiger partial charge in [-0.2, -0.15) is 4.98 Å². The van der Waals surface area contributed by atoms with Crippen LogP contribution in [-0.4, -0.2) is 71.4 Å². The largest absolute Gasteiger partial charge is 0.466 e. The van der Waals surface area contributed by atoms with Crippen LogP contribution in [0.2, 0.25) is 0 Å². The summed E-state index contributed by atoms with van der Waals surface area (Å²) < 4.78 is 20.4. The molecule has 0 unspecified atom stereocenters. The van der Waals surface area contributed by atoms with Crippen molar-refractivity contribution in [2.75, 3.05) is 12.3 Å². The van der Waals surface area contributed by atoms with Crippen LogP contribution >= 0.6 is 7.82 Å². The number of rotatable bonds is 6. The van der Waals surface area contributed by atoms with Gasteiger partial charge in [0.25, 0.3) is 0 Å². The molecule has 0 radical (unpaired) electrons. The van der Waals surface area contributed by atoms with E-state index in [0.29, 0.717) is 6.42 Å². The molecule has 1 aliphatic heterocycles. The zero-order valence-corrected chi connectivity index (χ0v) is 17.2. The molecular formula is C15H27N4O10P. The average molecular weight is 454 g/mol. The van der Waals surface area contributed by atoms with Crippen LogP contribution in [0.25, 0.3) is 0 Å². The highest BCUT2D eigenvalue weighted by Crippen LogP contribution is 2.28. The second-order valence-corrected chi connectivity index (χ2v) is 7.67. The van der Waals surface area contributed by atoms with Crippen LogP contribution in [0.5, 0.6) is 0 Å². The Labute approximate surface area is 171 Å². The van der Waals surface area contributed by atoms with Gasteiger partial charge in [-0.05, 0) is 12.0 Å². The second-order valence-electron chi connectivity index (χ2n) is 6.64. The van der Waals surface area contributed by atoms with Crippen molar-refractivity contribution < 1.29 is 43.7 Å². The number of nitrogens with two attached hydrogens (primary N) is 2. The lowest BCUT2D eigenvalue weighted by atomic mass is 10.0. The number of carbonyl (C=O) groups excluding carboxylic acids is 1. The van der Waals surface area contributed by atoms with Crippen molar-refractivity contribution >= 4 is 19.6 Å². The molecular weight excluding hydrogens is 427 g/mol. The summed E-state index contributed by atoms with van der Waals surface area (Å²) in [6, 6.07) is 0.579. The van der Waals surface area contributed by atoms with Gasteiger partial charge in [0.2, 0.25) is 0 Å². The quantitative estimate of drug-likeness (QED) is 0.173. The van der Waals surface area contributed by atoms with Crippen molar-refractivity contribution in [1.82, 2.24) is 9.55 Å². The lowest BCUT2D eigenvalue weighted by molar-refractivity contribution is -0.153. The average Bonchev–Trinajstić information content (AvgIpc) is 2.91. The molecule has 172 valence electrons. The van der Waals surface area contributed by atoms with Gasteiger partial charge in [-0.15, -0.1) is 0 Å². The summed E-state index contributed by atoms with van der Waals surface area (Å²) in [6.07, 6.45) is -2.89. The topological polar surface area (TPSA) is 241 Å². The van der Waals surface area contributed by atoms with Gasteiger partial charge in [0, 0.05) is 6.20 Å². The van der Waals surface area contributed by atoms with E-state index in [1.54, 1.807) is 0 Å². The van der Waals surface area contributed by atoms with E-state index >= 15 is 0 Å². The Kier molecular flexibility index (Phi) is 9.52. The number of aliphatic hydroxyl groups is 2. The number of ether oxygens (including phenoxy) is 2. The molecule has 6 atom stereocenters.